The zero-order valence-electron chi connectivity index (χ0n) is 15.8. The lowest BCUT2D eigenvalue weighted by atomic mass is 10.2. The molecule has 1 aromatic heterocycles. The van der Waals surface area contributed by atoms with Gasteiger partial charge in [0.2, 0.25) is 5.91 Å². The van der Waals surface area contributed by atoms with Gasteiger partial charge >= 0.3 is 0 Å². The molecule has 2 rings (SSSR count). The Morgan fingerprint density at radius 2 is 2.08 bits per heavy atom. The van der Waals surface area contributed by atoms with Crippen LogP contribution in [0, 0.1) is 20.8 Å². The summed E-state index contributed by atoms with van der Waals surface area (Å²) in [4.78, 5) is 20.3. The van der Waals surface area contributed by atoms with Crippen molar-refractivity contribution in [3.05, 3.63) is 39.3 Å². The van der Waals surface area contributed by atoms with E-state index in [1.165, 1.54) is 4.88 Å². The van der Waals surface area contributed by atoms with Crippen molar-refractivity contribution < 1.29 is 9.53 Å². The second kappa shape index (κ2) is 8.45. The van der Waals surface area contributed by atoms with Crippen LogP contribution in [0.2, 0.25) is 0 Å². The van der Waals surface area contributed by atoms with Crippen molar-refractivity contribution >= 4 is 22.9 Å². The summed E-state index contributed by atoms with van der Waals surface area (Å²) in [5.74, 6) is 0.656. The number of carbonyl (C=O) groups excluding carboxylic acids is 1. The number of thiazole rings is 1. The van der Waals surface area contributed by atoms with Gasteiger partial charge in [-0.3, -0.25) is 9.69 Å². The summed E-state index contributed by atoms with van der Waals surface area (Å²) in [5.41, 5.74) is 2.90. The third-order valence-corrected chi connectivity index (χ3v) is 5.22. The molecule has 1 heterocycles. The predicted molar refractivity (Wildman–Crippen MR) is 104 cm³/mol. The first-order valence-corrected chi connectivity index (χ1v) is 9.22. The van der Waals surface area contributed by atoms with Crippen LogP contribution in [0.25, 0.3) is 0 Å². The molecular formula is C19H27N3O2S. The van der Waals surface area contributed by atoms with Crippen LogP contribution in [0.5, 0.6) is 5.75 Å². The van der Waals surface area contributed by atoms with Crippen LogP contribution in [0.3, 0.4) is 0 Å². The molecule has 0 fully saturated rings. The van der Waals surface area contributed by atoms with Gasteiger partial charge in [-0.05, 0) is 52.4 Å². The fourth-order valence-electron chi connectivity index (χ4n) is 2.75. The Hall–Kier alpha value is -1.92. The van der Waals surface area contributed by atoms with E-state index in [0.29, 0.717) is 24.4 Å². The summed E-state index contributed by atoms with van der Waals surface area (Å²) >= 11 is 1.72. The molecule has 0 aliphatic heterocycles. The first-order valence-electron chi connectivity index (χ1n) is 8.40. The maximum absolute atomic E-state index is 12.3. The molecular weight excluding hydrogens is 334 g/mol. The maximum atomic E-state index is 12.3. The van der Waals surface area contributed by atoms with Crippen molar-refractivity contribution in [2.45, 2.75) is 40.2 Å². The van der Waals surface area contributed by atoms with Crippen molar-refractivity contribution in [1.29, 1.82) is 0 Å². The van der Waals surface area contributed by atoms with Crippen molar-refractivity contribution in [3.8, 4) is 5.75 Å². The highest BCUT2D eigenvalue weighted by Gasteiger charge is 2.18. The van der Waals surface area contributed by atoms with Gasteiger partial charge in [-0.1, -0.05) is 6.07 Å². The molecule has 1 aromatic carbocycles. The number of nitrogens with zero attached hydrogens (tertiary/aromatic N) is 2. The Balaban J connectivity index is 1.93. The summed E-state index contributed by atoms with van der Waals surface area (Å²) < 4.78 is 5.31. The number of aryl methyl sites for hydroxylation is 3. The summed E-state index contributed by atoms with van der Waals surface area (Å²) in [6.45, 7) is 8.90. The third-order valence-electron chi connectivity index (χ3n) is 4.32. The Kier molecular flexibility index (Phi) is 6.56. The molecule has 1 unspecified atom stereocenters. The monoisotopic (exact) mass is 361 g/mol. The highest BCUT2D eigenvalue weighted by molar-refractivity contribution is 7.11. The van der Waals surface area contributed by atoms with E-state index in [1.807, 2.05) is 39.1 Å². The van der Waals surface area contributed by atoms with Gasteiger partial charge in [-0.25, -0.2) is 4.98 Å². The molecule has 5 nitrogen and oxygen atoms in total. The maximum Gasteiger partial charge on any atom is 0.225 e. The largest absolute Gasteiger partial charge is 0.495 e. The molecule has 2 aromatic rings. The second-order valence-corrected chi connectivity index (χ2v) is 7.74. The van der Waals surface area contributed by atoms with Gasteiger partial charge in [0.1, 0.15) is 5.75 Å². The lowest BCUT2D eigenvalue weighted by Crippen LogP contribution is -2.27. The van der Waals surface area contributed by atoms with Crippen LogP contribution < -0.4 is 10.1 Å². The lowest BCUT2D eigenvalue weighted by molar-refractivity contribution is -0.116. The number of ether oxygens (including phenoxy) is 1. The van der Waals surface area contributed by atoms with Crippen LogP contribution >= 0.6 is 11.3 Å². The highest BCUT2D eigenvalue weighted by Crippen LogP contribution is 2.27. The highest BCUT2D eigenvalue weighted by atomic mass is 32.1. The number of hydrogen-bond donors (Lipinski definition) is 1. The van der Waals surface area contributed by atoms with Gasteiger partial charge in [0.25, 0.3) is 0 Å². The fourth-order valence-corrected chi connectivity index (χ4v) is 3.65. The van der Waals surface area contributed by atoms with Gasteiger partial charge in [0.15, 0.2) is 0 Å². The standard InChI is InChI=1S/C19H27N3O2S/c1-12-7-8-17(24-6)16(11-12)21-18(23)9-10-22(5)13(2)19-14(3)25-15(4)20-19/h7-8,11,13H,9-10H2,1-6H3,(H,21,23). The molecule has 25 heavy (non-hydrogen) atoms. The van der Waals surface area contributed by atoms with E-state index in [1.54, 1.807) is 18.4 Å². The normalized spacial score (nSPS) is 12.3. The van der Waals surface area contributed by atoms with Gasteiger partial charge in [-0.15, -0.1) is 11.3 Å². The summed E-state index contributed by atoms with van der Waals surface area (Å²) in [6, 6.07) is 5.94. The van der Waals surface area contributed by atoms with Gasteiger partial charge in [-0.2, -0.15) is 0 Å². The molecule has 0 radical (unpaired) electrons. The molecule has 136 valence electrons. The Bertz CT molecular complexity index is 742. The Morgan fingerprint density at radius 3 is 2.68 bits per heavy atom. The minimum absolute atomic E-state index is 0.0193. The van der Waals surface area contributed by atoms with E-state index >= 15 is 0 Å². The molecule has 1 atom stereocenters. The number of amides is 1. The van der Waals surface area contributed by atoms with E-state index in [9.17, 15) is 4.79 Å². The van der Waals surface area contributed by atoms with Crippen LogP contribution in [0.1, 0.15) is 40.5 Å². The van der Waals surface area contributed by atoms with Gasteiger partial charge < -0.3 is 10.1 Å². The van der Waals surface area contributed by atoms with Crippen molar-refractivity contribution in [1.82, 2.24) is 9.88 Å². The summed E-state index contributed by atoms with van der Waals surface area (Å²) in [6.07, 6.45) is 0.417. The molecule has 0 saturated heterocycles. The lowest BCUT2D eigenvalue weighted by Gasteiger charge is -2.23. The van der Waals surface area contributed by atoms with Gasteiger partial charge in [0, 0.05) is 17.8 Å². The zero-order valence-corrected chi connectivity index (χ0v) is 16.7. The zero-order chi connectivity index (χ0) is 18.6. The van der Waals surface area contributed by atoms with Crippen LogP contribution in [0.15, 0.2) is 18.2 Å². The van der Waals surface area contributed by atoms with Gasteiger partial charge in [0.05, 0.1) is 29.5 Å². The molecule has 0 saturated carbocycles. The number of anilines is 1. The predicted octanol–water partition coefficient (Wildman–Crippen LogP) is 4.10. The second-order valence-electron chi connectivity index (χ2n) is 6.33. The molecule has 0 spiro atoms. The first-order chi connectivity index (χ1) is 11.8. The number of nitrogens with one attached hydrogen (secondary N) is 1. The SMILES string of the molecule is COc1ccc(C)cc1NC(=O)CCN(C)C(C)c1nc(C)sc1C. The minimum Gasteiger partial charge on any atom is -0.495 e. The molecule has 0 bridgehead atoms. The van der Waals surface area contributed by atoms with Crippen LogP contribution in [-0.4, -0.2) is 36.5 Å². The van der Waals surface area contributed by atoms with Crippen LogP contribution in [-0.2, 0) is 4.79 Å². The van der Waals surface area contributed by atoms with E-state index in [0.717, 1.165) is 16.3 Å². The van der Waals surface area contributed by atoms with Crippen molar-refractivity contribution in [3.63, 3.8) is 0 Å². The van der Waals surface area contributed by atoms with Crippen LogP contribution in [0.4, 0.5) is 5.69 Å². The number of benzene rings is 1. The Morgan fingerprint density at radius 1 is 1.36 bits per heavy atom. The quantitative estimate of drug-likeness (QED) is 0.807. The molecule has 1 N–H and O–H groups in total. The molecule has 0 aliphatic carbocycles. The molecule has 6 heteroatoms. The average molecular weight is 362 g/mol. The summed E-state index contributed by atoms with van der Waals surface area (Å²) in [5, 5.41) is 4.03. The molecule has 0 aliphatic rings. The fraction of sp³-hybridized carbons (Fsp3) is 0.474. The van der Waals surface area contributed by atoms with E-state index in [2.05, 4.69) is 29.0 Å². The number of methoxy groups -OCH3 is 1. The Labute approximate surface area is 154 Å². The number of carbonyl (C=O) groups is 1. The average Bonchev–Trinajstić information content (AvgIpc) is 2.90. The van der Waals surface area contributed by atoms with Crippen molar-refractivity contribution in [2.75, 3.05) is 26.0 Å². The van der Waals surface area contributed by atoms with E-state index in [-0.39, 0.29) is 11.9 Å². The summed E-state index contributed by atoms with van der Waals surface area (Å²) in [7, 11) is 3.63. The third kappa shape index (κ3) is 5.03. The first kappa shape index (κ1) is 19.4. The number of hydrogen-bond acceptors (Lipinski definition) is 5. The number of rotatable bonds is 7. The topological polar surface area (TPSA) is 54.5 Å². The van der Waals surface area contributed by atoms with E-state index in [4.69, 9.17) is 4.74 Å². The smallest absolute Gasteiger partial charge is 0.225 e. The number of aromatic nitrogens is 1. The van der Waals surface area contributed by atoms with Crippen molar-refractivity contribution in [2.24, 2.45) is 0 Å². The minimum atomic E-state index is -0.0193. The van der Waals surface area contributed by atoms with E-state index < -0.39 is 0 Å². The molecule has 1 amide bonds.